The Morgan fingerprint density at radius 2 is 2.06 bits per heavy atom. The maximum Gasteiger partial charge on any atom is 0.264 e. The third-order valence-electron chi connectivity index (χ3n) is 6.04. The molecule has 2 amide bonds. The van der Waals surface area contributed by atoms with Crippen LogP contribution in [0, 0.1) is 5.82 Å². The number of hydrogen-bond donors (Lipinski definition) is 0. The van der Waals surface area contributed by atoms with Gasteiger partial charge in [-0.2, -0.15) is 0 Å². The van der Waals surface area contributed by atoms with E-state index in [1.54, 1.807) is 34.4 Å². The third kappa shape index (κ3) is 5.28. The molecule has 0 spiro atoms. The van der Waals surface area contributed by atoms with Gasteiger partial charge in [0.05, 0.1) is 10.9 Å². The minimum absolute atomic E-state index is 0.0156. The monoisotopic (exact) mass is 486 g/mol. The van der Waals surface area contributed by atoms with Gasteiger partial charge in [0.25, 0.3) is 5.91 Å². The number of benzene rings is 1. The van der Waals surface area contributed by atoms with Crippen molar-refractivity contribution in [2.24, 2.45) is 0 Å². The molecule has 3 heterocycles. The fourth-order valence-corrected chi connectivity index (χ4v) is 5.64. The van der Waals surface area contributed by atoms with Crippen molar-refractivity contribution in [1.29, 1.82) is 0 Å². The van der Waals surface area contributed by atoms with Gasteiger partial charge in [-0.1, -0.05) is 19.1 Å². The molecule has 174 valence electrons. The van der Waals surface area contributed by atoms with E-state index in [4.69, 9.17) is 4.74 Å². The van der Waals surface area contributed by atoms with Crippen LogP contribution in [-0.4, -0.2) is 47.4 Å². The zero-order chi connectivity index (χ0) is 23.4. The summed E-state index contributed by atoms with van der Waals surface area (Å²) in [6, 6.07) is 11.3. The average Bonchev–Trinajstić information content (AvgIpc) is 3.52. The Balaban J connectivity index is 1.54. The lowest BCUT2D eigenvalue weighted by atomic mass is 10.00. The van der Waals surface area contributed by atoms with Gasteiger partial charge in [0.15, 0.2) is 0 Å². The number of halogens is 1. The predicted octanol–water partition coefficient (Wildman–Crippen LogP) is 5.39. The number of rotatable bonds is 8. The molecule has 0 bridgehead atoms. The van der Waals surface area contributed by atoms with Gasteiger partial charge < -0.3 is 14.5 Å². The number of thiophene rings is 2. The molecule has 2 aromatic heterocycles. The number of fused-ring (bicyclic) bond motifs is 1. The highest BCUT2D eigenvalue weighted by Gasteiger charge is 2.34. The number of ether oxygens (including phenoxy) is 1. The van der Waals surface area contributed by atoms with E-state index in [2.05, 4.69) is 0 Å². The van der Waals surface area contributed by atoms with Crippen LogP contribution in [0.2, 0.25) is 0 Å². The van der Waals surface area contributed by atoms with Crippen LogP contribution in [0.4, 0.5) is 4.39 Å². The van der Waals surface area contributed by atoms with Gasteiger partial charge >= 0.3 is 0 Å². The van der Waals surface area contributed by atoms with Gasteiger partial charge in [-0.3, -0.25) is 9.59 Å². The minimum atomic E-state index is -0.364. The van der Waals surface area contributed by atoms with Crippen molar-refractivity contribution in [2.45, 2.75) is 38.8 Å². The van der Waals surface area contributed by atoms with Gasteiger partial charge in [0.1, 0.15) is 24.7 Å². The third-order valence-corrected chi connectivity index (χ3v) is 7.89. The summed E-state index contributed by atoms with van der Waals surface area (Å²) in [4.78, 5) is 32.0. The SMILES string of the molecule is CCC(C)N(CC(=O)N1CCc2sccc2C1COc1cccc(F)c1)C(=O)c1cccs1. The second-order valence-corrected chi connectivity index (χ2v) is 10.0. The number of carbonyl (C=O) groups excluding carboxylic acids is 2. The maximum atomic E-state index is 13.6. The lowest BCUT2D eigenvalue weighted by Gasteiger charge is -2.38. The van der Waals surface area contributed by atoms with E-state index in [1.807, 2.05) is 41.6 Å². The number of hydrogen-bond acceptors (Lipinski definition) is 5. The molecule has 0 radical (unpaired) electrons. The van der Waals surface area contributed by atoms with Crippen molar-refractivity contribution < 1.29 is 18.7 Å². The van der Waals surface area contributed by atoms with Crippen molar-refractivity contribution in [3.63, 3.8) is 0 Å². The molecule has 0 saturated carbocycles. The summed E-state index contributed by atoms with van der Waals surface area (Å²) in [6.07, 6.45) is 1.53. The first kappa shape index (κ1) is 23.4. The smallest absolute Gasteiger partial charge is 0.264 e. The quantitative estimate of drug-likeness (QED) is 0.429. The zero-order valence-electron chi connectivity index (χ0n) is 18.7. The Kier molecular flexibility index (Phi) is 7.45. The Bertz CT molecular complexity index is 1100. The van der Waals surface area contributed by atoms with E-state index < -0.39 is 0 Å². The normalized spacial score (nSPS) is 16.2. The van der Waals surface area contributed by atoms with Gasteiger partial charge in [0, 0.05) is 23.5 Å². The second kappa shape index (κ2) is 10.5. The predicted molar refractivity (Wildman–Crippen MR) is 129 cm³/mol. The lowest BCUT2D eigenvalue weighted by molar-refractivity contribution is -0.136. The largest absolute Gasteiger partial charge is 0.491 e. The first-order valence-electron chi connectivity index (χ1n) is 11.1. The van der Waals surface area contributed by atoms with Crippen LogP contribution in [0.1, 0.15) is 46.4 Å². The first-order valence-corrected chi connectivity index (χ1v) is 12.8. The van der Waals surface area contributed by atoms with E-state index in [1.165, 1.54) is 28.3 Å². The Hall–Kier alpha value is -2.71. The van der Waals surface area contributed by atoms with E-state index in [0.717, 1.165) is 18.4 Å². The Labute approximate surface area is 201 Å². The van der Waals surface area contributed by atoms with Crippen LogP contribution in [0.25, 0.3) is 0 Å². The summed E-state index contributed by atoms with van der Waals surface area (Å²) in [6.45, 7) is 4.78. The highest BCUT2D eigenvalue weighted by Crippen LogP contribution is 2.34. The topological polar surface area (TPSA) is 49.9 Å². The molecule has 4 rings (SSSR count). The summed E-state index contributed by atoms with van der Waals surface area (Å²) in [5, 5.41) is 3.89. The van der Waals surface area contributed by atoms with Gasteiger partial charge in [0.2, 0.25) is 5.91 Å². The first-order chi connectivity index (χ1) is 16.0. The van der Waals surface area contributed by atoms with E-state index in [-0.39, 0.29) is 42.9 Å². The van der Waals surface area contributed by atoms with E-state index in [9.17, 15) is 14.0 Å². The molecule has 0 N–H and O–H groups in total. The summed E-state index contributed by atoms with van der Waals surface area (Å²) >= 11 is 3.06. The molecule has 1 aliphatic rings. The van der Waals surface area contributed by atoms with Crippen LogP contribution in [0.15, 0.2) is 53.2 Å². The molecule has 3 aromatic rings. The summed E-state index contributed by atoms with van der Waals surface area (Å²) in [5.74, 6) is -0.158. The molecule has 1 aliphatic heterocycles. The molecular weight excluding hydrogens is 459 g/mol. The van der Waals surface area contributed by atoms with Crippen LogP contribution in [0.3, 0.4) is 0 Å². The molecule has 5 nitrogen and oxygen atoms in total. The fraction of sp³-hybridized carbons (Fsp3) is 0.360. The number of carbonyl (C=O) groups is 2. The molecule has 2 unspecified atom stereocenters. The maximum absolute atomic E-state index is 13.6. The van der Waals surface area contributed by atoms with Gasteiger partial charge in [-0.05, 0) is 60.4 Å². The Morgan fingerprint density at radius 3 is 2.79 bits per heavy atom. The number of nitrogens with zero attached hydrogens (tertiary/aromatic N) is 2. The summed E-state index contributed by atoms with van der Waals surface area (Å²) < 4.78 is 19.5. The Morgan fingerprint density at radius 1 is 1.21 bits per heavy atom. The van der Waals surface area contributed by atoms with Gasteiger partial charge in [-0.25, -0.2) is 4.39 Å². The molecule has 2 atom stereocenters. The standard InChI is InChI=1S/C25H27FN2O3S2/c1-3-17(2)28(25(30)23-8-5-12-32-23)15-24(29)27-11-9-22-20(10-13-33-22)21(27)16-31-19-7-4-6-18(26)14-19/h4-8,10,12-14,17,21H,3,9,11,15-16H2,1-2H3. The molecule has 0 saturated heterocycles. The fourth-order valence-electron chi connectivity index (χ4n) is 4.03. The van der Waals surface area contributed by atoms with Crippen LogP contribution in [0.5, 0.6) is 5.75 Å². The van der Waals surface area contributed by atoms with Crippen LogP contribution in [-0.2, 0) is 11.2 Å². The van der Waals surface area contributed by atoms with E-state index >= 15 is 0 Å². The van der Waals surface area contributed by atoms with Crippen molar-refractivity contribution in [2.75, 3.05) is 19.7 Å². The zero-order valence-corrected chi connectivity index (χ0v) is 20.3. The average molecular weight is 487 g/mol. The summed E-state index contributed by atoms with van der Waals surface area (Å²) in [5.41, 5.74) is 1.07. The van der Waals surface area contributed by atoms with Crippen LogP contribution < -0.4 is 4.74 Å². The minimum Gasteiger partial charge on any atom is -0.491 e. The van der Waals surface area contributed by atoms with E-state index in [0.29, 0.717) is 17.2 Å². The summed E-state index contributed by atoms with van der Waals surface area (Å²) in [7, 11) is 0. The molecule has 0 aliphatic carbocycles. The molecule has 8 heteroatoms. The van der Waals surface area contributed by atoms with Crippen LogP contribution >= 0.6 is 22.7 Å². The highest BCUT2D eigenvalue weighted by molar-refractivity contribution is 7.12. The van der Waals surface area contributed by atoms with Gasteiger partial charge in [-0.15, -0.1) is 22.7 Å². The molecular formula is C25H27FN2O3S2. The highest BCUT2D eigenvalue weighted by atomic mass is 32.1. The number of amides is 2. The lowest BCUT2D eigenvalue weighted by Crippen LogP contribution is -2.49. The van der Waals surface area contributed by atoms with Crippen molar-refractivity contribution in [3.8, 4) is 5.75 Å². The molecule has 33 heavy (non-hydrogen) atoms. The van der Waals surface area contributed by atoms with Crippen molar-refractivity contribution in [1.82, 2.24) is 9.80 Å². The molecule has 1 aromatic carbocycles. The second-order valence-electron chi connectivity index (χ2n) is 8.09. The van der Waals surface area contributed by atoms with Crippen molar-refractivity contribution >= 4 is 34.5 Å². The van der Waals surface area contributed by atoms with Crippen molar-refractivity contribution in [3.05, 3.63) is 74.4 Å². The molecule has 0 fully saturated rings.